The first kappa shape index (κ1) is 14.1. The van der Waals surface area contributed by atoms with E-state index in [2.05, 4.69) is 39.2 Å². The molecule has 23 heavy (non-hydrogen) atoms. The number of piperidine rings is 1. The molecule has 0 spiro atoms. The van der Waals surface area contributed by atoms with E-state index >= 15 is 0 Å². The van der Waals surface area contributed by atoms with Crippen molar-refractivity contribution in [1.82, 2.24) is 14.6 Å². The summed E-state index contributed by atoms with van der Waals surface area (Å²) in [4.78, 5) is 6.60. The molecule has 0 N–H and O–H groups in total. The monoisotopic (exact) mass is 308 g/mol. The van der Waals surface area contributed by atoms with Crippen molar-refractivity contribution in [3.05, 3.63) is 54.4 Å². The fourth-order valence-electron chi connectivity index (χ4n) is 3.40. The number of hydrogen-bond acceptors (Lipinski definition) is 4. The highest BCUT2D eigenvalue weighted by molar-refractivity contribution is 5.46. The minimum Gasteiger partial charge on any atom is -0.496 e. The summed E-state index contributed by atoms with van der Waals surface area (Å²) in [6.45, 7) is 2.02. The molecular weight excluding hydrogens is 288 g/mol. The number of aromatic nitrogens is 3. The van der Waals surface area contributed by atoms with Crippen LogP contribution in [-0.2, 0) is 0 Å². The maximum Gasteiger partial charge on any atom is 0.153 e. The number of anilines is 1. The van der Waals surface area contributed by atoms with Gasteiger partial charge >= 0.3 is 0 Å². The first-order valence-electron chi connectivity index (χ1n) is 8.03. The SMILES string of the molecule is COc1ccccc1C1CCN(c2ccc3nccn3n2)CC1. The summed E-state index contributed by atoms with van der Waals surface area (Å²) >= 11 is 0. The van der Waals surface area contributed by atoms with Crippen LogP contribution in [0.2, 0.25) is 0 Å². The topological polar surface area (TPSA) is 42.7 Å². The van der Waals surface area contributed by atoms with Crippen LogP contribution >= 0.6 is 0 Å². The van der Waals surface area contributed by atoms with Gasteiger partial charge in [0, 0.05) is 25.5 Å². The molecule has 1 aliphatic rings. The molecule has 0 bridgehead atoms. The van der Waals surface area contributed by atoms with E-state index in [9.17, 15) is 0 Å². The summed E-state index contributed by atoms with van der Waals surface area (Å²) in [6.07, 6.45) is 5.90. The van der Waals surface area contributed by atoms with Crippen molar-refractivity contribution in [3.8, 4) is 5.75 Å². The smallest absolute Gasteiger partial charge is 0.153 e. The van der Waals surface area contributed by atoms with Crippen molar-refractivity contribution in [2.45, 2.75) is 18.8 Å². The van der Waals surface area contributed by atoms with Gasteiger partial charge < -0.3 is 9.64 Å². The van der Waals surface area contributed by atoms with Crippen LogP contribution in [0, 0.1) is 0 Å². The zero-order valence-electron chi connectivity index (χ0n) is 13.2. The molecule has 1 fully saturated rings. The van der Waals surface area contributed by atoms with E-state index in [1.807, 2.05) is 22.8 Å². The molecule has 0 amide bonds. The van der Waals surface area contributed by atoms with E-state index in [0.29, 0.717) is 5.92 Å². The second-order valence-corrected chi connectivity index (χ2v) is 5.92. The van der Waals surface area contributed by atoms with Gasteiger partial charge in [0.15, 0.2) is 5.65 Å². The molecule has 5 heteroatoms. The first-order chi connectivity index (χ1) is 11.3. The minimum atomic E-state index is 0.555. The molecule has 1 aliphatic heterocycles. The third-order valence-corrected chi connectivity index (χ3v) is 4.64. The van der Waals surface area contributed by atoms with Crippen LogP contribution in [0.15, 0.2) is 48.8 Å². The Morgan fingerprint density at radius 2 is 1.91 bits per heavy atom. The van der Waals surface area contributed by atoms with Gasteiger partial charge in [-0.05, 0) is 42.5 Å². The van der Waals surface area contributed by atoms with E-state index in [4.69, 9.17) is 4.74 Å². The molecule has 1 saturated heterocycles. The minimum absolute atomic E-state index is 0.555. The first-order valence-corrected chi connectivity index (χ1v) is 8.03. The number of hydrogen-bond donors (Lipinski definition) is 0. The van der Waals surface area contributed by atoms with Crippen LogP contribution in [-0.4, -0.2) is 34.8 Å². The number of benzene rings is 1. The highest BCUT2D eigenvalue weighted by Gasteiger charge is 2.23. The zero-order valence-corrected chi connectivity index (χ0v) is 13.2. The van der Waals surface area contributed by atoms with Gasteiger partial charge in [0.2, 0.25) is 0 Å². The van der Waals surface area contributed by atoms with Gasteiger partial charge in [-0.2, -0.15) is 0 Å². The molecule has 0 radical (unpaired) electrons. The highest BCUT2D eigenvalue weighted by atomic mass is 16.5. The van der Waals surface area contributed by atoms with Crippen molar-refractivity contribution in [2.24, 2.45) is 0 Å². The zero-order chi connectivity index (χ0) is 15.6. The van der Waals surface area contributed by atoms with Crippen LogP contribution in [0.3, 0.4) is 0 Å². The van der Waals surface area contributed by atoms with E-state index in [-0.39, 0.29) is 0 Å². The molecule has 1 aromatic carbocycles. The molecular formula is C18H20N4O. The summed E-state index contributed by atoms with van der Waals surface area (Å²) in [6, 6.07) is 12.5. The van der Waals surface area contributed by atoms with Crippen molar-refractivity contribution in [2.75, 3.05) is 25.1 Å². The number of rotatable bonds is 3. The fraction of sp³-hybridized carbons (Fsp3) is 0.333. The predicted molar refractivity (Wildman–Crippen MR) is 90.2 cm³/mol. The van der Waals surface area contributed by atoms with Gasteiger partial charge in [0.05, 0.1) is 7.11 Å². The Morgan fingerprint density at radius 3 is 2.74 bits per heavy atom. The lowest BCUT2D eigenvalue weighted by molar-refractivity contribution is 0.397. The molecule has 0 saturated carbocycles. The Morgan fingerprint density at radius 1 is 1.09 bits per heavy atom. The lowest BCUT2D eigenvalue weighted by Crippen LogP contribution is -2.33. The number of nitrogens with zero attached hydrogens (tertiary/aromatic N) is 4. The summed E-state index contributed by atoms with van der Waals surface area (Å²) in [5, 5.41) is 4.65. The number of imidazole rings is 1. The Hall–Kier alpha value is -2.56. The Labute approximate surface area is 135 Å². The van der Waals surface area contributed by atoms with Crippen LogP contribution in [0.5, 0.6) is 5.75 Å². The summed E-state index contributed by atoms with van der Waals surface area (Å²) in [5.41, 5.74) is 2.21. The average molecular weight is 308 g/mol. The lowest BCUT2D eigenvalue weighted by atomic mass is 9.89. The Balaban J connectivity index is 1.50. The molecule has 0 aliphatic carbocycles. The van der Waals surface area contributed by atoms with Crippen molar-refractivity contribution in [1.29, 1.82) is 0 Å². The maximum absolute atomic E-state index is 5.51. The van der Waals surface area contributed by atoms with E-state index in [1.54, 1.807) is 13.3 Å². The van der Waals surface area contributed by atoms with Crippen molar-refractivity contribution >= 4 is 11.5 Å². The third-order valence-electron chi connectivity index (χ3n) is 4.64. The molecule has 3 heterocycles. The number of fused-ring (bicyclic) bond motifs is 1. The quantitative estimate of drug-likeness (QED) is 0.745. The summed E-state index contributed by atoms with van der Waals surface area (Å²) in [7, 11) is 1.75. The van der Waals surface area contributed by atoms with Gasteiger partial charge in [0.25, 0.3) is 0 Å². The van der Waals surface area contributed by atoms with E-state index < -0.39 is 0 Å². The fourth-order valence-corrected chi connectivity index (χ4v) is 3.40. The number of ether oxygens (including phenoxy) is 1. The van der Waals surface area contributed by atoms with Crippen LogP contribution in [0.25, 0.3) is 5.65 Å². The summed E-state index contributed by atoms with van der Waals surface area (Å²) in [5.74, 6) is 2.58. The Kier molecular flexibility index (Phi) is 3.61. The predicted octanol–water partition coefficient (Wildman–Crippen LogP) is 3.12. The molecule has 0 unspecified atom stereocenters. The van der Waals surface area contributed by atoms with Gasteiger partial charge in [-0.25, -0.2) is 9.50 Å². The van der Waals surface area contributed by atoms with Gasteiger partial charge in [-0.1, -0.05) is 18.2 Å². The van der Waals surface area contributed by atoms with Crippen molar-refractivity contribution < 1.29 is 4.74 Å². The van der Waals surface area contributed by atoms with Crippen molar-refractivity contribution in [3.63, 3.8) is 0 Å². The summed E-state index contributed by atoms with van der Waals surface area (Å²) < 4.78 is 7.35. The molecule has 2 aromatic heterocycles. The second-order valence-electron chi connectivity index (χ2n) is 5.92. The number of para-hydroxylation sites is 1. The van der Waals surface area contributed by atoms with Crippen LogP contribution in [0.1, 0.15) is 24.3 Å². The molecule has 4 rings (SSSR count). The number of methoxy groups -OCH3 is 1. The largest absolute Gasteiger partial charge is 0.496 e. The van der Waals surface area contributed by atoms with E-state index in [0.717, 1.165) is 43.1 Å². The molecule has 3 aromatic rings. The van der Waals surface area contributed by atoms with Gasteiger partial charge in [0.1, 0.15) is 11.6 Å². The molecule has 5 nitrogen and oxygen atoms in total. The highest BCUT2D eigenvalue weighted by Crippen LogP contribution is 2.34. The lowest BCUT2D eigenvalue weighted by Gasteiger charge is -2.33. The maximum atomic E-state index is 5.51. The van der Waals surface area contributed by atoms with Gasteiger partial charge in [-0.15, -0.1) is 5.10 Å². The normalized spacial score (nSPS) is 16.0. The Bertz CT molecular complexity index is 805. The standard InChI is InChI=1S/C18H20N4O/c1-23-16-5-3-2-4-15(16)14-8-11-21(12-9-14)18-7-6-17-19-10-13-22(17)20-18/h2-7,10,13-14H,8-9,11-12H2,1H3. The average Bonchev–Trinajstić information content (AvgIpc) is 3.09. The third kappa shape index (κ3) is 2.63. The van der Waals surface area contributed by atoms with Crippen LogP contribution in [0.4, 0.5) is 5.82 Å². The van der Waals surface area contributed by atoms with Crippen LogP contribution < -0.4 is 9.64 Å². The second kappa shape index (κ2) is 5.91. The van der Waals surface area contributed by atoms with Gasteiger partial charge in [-0.3, -0.25) is 0 Å². The van der Waals surface area contributed by atoms with E-state index in [1.165, 1.54) is 5.56 Å². The molecule has 118 valence electrons. The molecule has 0 atom stereocenters.